The van der Waals surface area contributed by atoms with Crippen LogP contribution in [0.2, 0.25) is 0 Å². The number of fused-ring (bicyclic) bond motifs is 5. The molecule has 0 aromatic carbocycles. The van der Waals surface area contributed by atoms with E-state index < -0.39 is 0 Å². The summed E-state index contributed by atoms with van der Waals surface area (Å²) >= 11 is 0. The van der Waals surface area contributed by atoms with Crippen molar-refractivity contribution in [2.75, 3.05) is 0 Å². The summed E-state index contributed by atoms with van der Waals surface area (Å²) in [6, 6.07) is 0. The highest BCUT2D eigenvalue weighted by Crippen LogP contribution is 2.46. The Morgan fingerprint density at radius 1 is 1.07 bits per heavy atom. The summed E-state index contributed by atoms with van der Waals surface area (Å²) in [6.45, 7) is 16.3. The van der Waals surface area contributed by atoms with Gasteiger partial charge in [0.2, 0.25) is 0 Å². The van der Waals surface area contributed by atoms with Crippen LogP contribution in [0.1, 0.15) is 67.2 Å². The van der Waals surface area contributed by atoms with Crippen molar-refractivity contribution in [3.63, 3.8) is 0 Å². The number of aliphatic hydroxyl groups is 1. The summed E-state index contributed by atoms with van der Waals surface area (Å²) in [7, 11) is 0. The highest BCUT2D eigenvalue weighted by Gasteiger charge is 2.41. The van der Waals surface area contributed by atoms with Crippen molar-refractivity contribution in [1.82, 2.24) is 5.32 Å². The molecule has 6 heteroatoms. The first kappa shape index (κ1) is 26.2. The van der Waals surface area contributed by atoms with Gasteiger partial charge in [0.05, 0.1) is 34.2 Å². The van der Waals surface area contributed by atoms with Gasteiger partial charge in [-0.05, 0) is 81.1 Å². The Kier molecular flexibility index (Phi) is 6.25. The Labute approximate surface area is 236 Å². The molecule has 5 heterocycles. The number of hydrogen-bond acceptors (Lipinski definition) is 6. The van der Waals surface area contributed by atoms with Crippen LogP contribution in [0.15, 0.2) is 119 Å². The Bertz CT molecular complexity index is 1660. The van der Waals surface area contributed by atoms with Crippen LogP contribution in [0, 0.1) is 11.8 Å². The number of rotatable bonds is 5. The smallest absolute Gasteiger partial charge is 0.129 e. The molecule has 1 aliphatic carbocycles. The van der Waals surface area contributed by atoms with Gasteiger partial charge in [0.1, 0.15) is 11.5 Å². The maximum Gasteiger partial charge on any atom is 0.129 e. The lowest BCUT2D eigenvalue weighted by atomic mass is 9.85. The predicted molar refractivity (Wildman–Crippen MR) is 162 cm³/mol. The van der Waals surface area contributed by atoms with E-state index in [1.165, 1.54) is 5.57 Å². The van der Waals surface area contributed by atoms with Crippen LogP contribution >= 0.6 is 0 Å². The fourth-order valence-electron chi connectivity index (χ4n) is 6.74. The quantitative estimate of drug-likeness (QED) is 0.392. The van der Waals surface area contributed by atoms with Crippen molar-refractivity contribution < 1.29 is 9.90 Å². The Morgan fingerprint density at radius 2 is 1.80 bits per heavy atom. The van der Waals surface area contributed by atoms with Crippen molar-refractivity contribution in [3.8, 4) is 0 Å². The number of carbonyl (C=O) groups excluding carboxylic acids is 1. The summed E-state index contributed by atoms with van der Waals surface area (Å²) in [5.74, 6) is 0.790. The van der Waals surface area contributed by atoms with E-state index in [4.69, 9.17) is 15.0 Å². The molecule has 40 heavy (non-hydrogen) atoms. The van der Waals surface area contributed by atoms with Gasteiger partial charge in [-0.2, -0.15) is 0 Å². The van der Waals surface area contributed by atoms with Gasteiger partial charge in [-0.3, -0.25) is 0 Å². The van der Waals surface area contributed by atoms with Crippen molar-refractivity contribution >= 4 is 22.9 Å². The minimum atomic E-state index is 0.109. The molecule has 1 fully saturated rings. The van der Waals surface area contributed by atoms with Crippen molar-refractivity contribution in [1.29, 1.82) is 0 Å². The van der Waals surface area contributed by atoms with Crippen LogP contribution in [0.3, 0.4) is 0 Å². The lowest BCUT2D eigenvalue weighted by Gasteiger charge is -2.17. The summed E-state index contributed by atoms with van der Waals surface area (Å²) in [5.41, 5.74) is 14.6. The topological polar surface area (TPSA) is 86.4 Å². The van der Waals surface area contributed by atoms with E-state index in [1.54, 1.807) is 6.92 Å². The number of nitrogens with one attached hydrogen (secondary N) is 1. The lowest BCUT2D eigenvalue weighted by Crippen LogP contribution is -2.15. The molecule has 5 aliphatic heterocycles. The molecular weight excluding hydrogens is 496 g/mol. The number of Topliss-reactive ketones (excluding diaryl/α,β-unsaturated/α-hetero) is 1. The second-order valence-corrected chi connectivity index (χ2v) is 11.5. The third-order valence-corrected chi connectivity index (χ3v) is 9.11. The standard InChI is InChI=1S/C34H36N4O2/c1-8-21-17(4)25-13-27-19(6)23(11-10-16(3)39)33(37-27)24-12-31(40)32-20(7)28(38-34(24)32)15-30-22(9-2)18(5)26(36-30)14-29(21)35-25/h8,13-15,19,23,37,40H,1,9-12H2,2-7H3/t19-,23?/m0/s1. The lowest BCUT2D eigenvalue weighted by molar-refractivity contribution is -0.117. The number of carbonyl (C=O) groups is 1. The molecule has 0 spiro atoms. The van der Waals surface area contributed by atoms with E-state index in [1.807, 2.05) is 13.0 Å². The largest absolute Gasteiger partial charge is 0.511 e. The highest BCUT2D eigenvalue weighted by molar-refractivity contribution is 6.21. The molecule has 8 bridgehead atoms. The molecule has 0 amide bonds. The minimum Gasteiger partial charge on any atom is -0.511 e. The molecule has 0 saturated carbocycles. The van der Waals surface area contributed by atoms with E-state index in [-0.39, 0.29) is 17.6 Å². The van der Waals surface area contributed by atoms with Crippen LogP contribution in [0.25, 0.3) is 0 Å². The second kappa shape index (κ2) is 9.54. The average molecular weight is 533 g/mol. The molecule has 1 saturated heterocycles. The van der Waals surface area contributed by atoms with Gasteiger partial charge < -0.3 is 15.2 Å². The zero-order chi connectivity index (χ0) is 28.5. The van der Waals surface area contributed by atoms with Crippen LogP contribution in [0.5, 0.6) is 0 Å². The molecule has 6 aliphatic rings. The number of nitrogens with zero attached hydrogens (tertiary/aromatic N) is 3. The van der Waals surface area contributed by atoms with Gasteiger partial charge >= 0.3 is 0 Å². The zero-order valence-electron chi connectivity index (χ0n) is 24.2. The molecular formula is C34H36N4O2. The number of ketones is 1. The Morgan fingerprint density at radius 3 is 2.50 bits per heavy atom. The molecule has 204 valence electrons. The van der Waals surface area contributed by atoms with Gasteiger partial charge in [0.15, 0.2) is 0 Å². The summed E-state index contributed by atoms with van der Waals surface area (Å²) in [4.78, 5) is 27.2. The molecule has 0 aromatic heterocycles. The zero-order valence-corrected chi connectivity index (χ0v) is 24.2. The number of aliphatic hydroxyl groups excluding tert-OH is 1. The number of allylic oxidation sites excluding steroid dienone is 12. The monoisotopic (exact) mass is 532 g/mol. The highest BCUT2D eigenvalue weighted by atomic mass is 16.3. The van der Waals surface area contributed by atoms with Gasteiger partial charge in [0, 0.05) is 52.8 Å². The third kappa shape index (κ3) is 3.92. The van der Waals surface area contributed by atoms with Crippen molar-refractivity contribution in [2.45, 2.75) is 67.2 Å². The Hall–Kier alpha value is -4.06. The fraction of sp³-hybridized carbons (Fsp3) is 0.353. The Balaban J connectivity index is 1.62. The maximum atomic E-state index is 12.0. The van der Waals surface area contributed by atoms with Crippen LogP contribution < -0.4 is 5.32 Å². The first-order valence-corrected chi connectivity index (χ1v) is 14.2. The van der Waals surface area contributed by atoms with Gasteiger partial charge in [-0.15, -0.1) is 0 Å². The van der Waals surface area contributed by atoms with E-state index in [0.29, 0.717) is 18.6 Å². The summed E-state index contributed by atoms with van der Waals surface area (Å²) in [5, 5.41) is 14.9. The number of hydrogen-bond donors (Lipinski definition) is 2. The molecule has 2 N–H and O–H groups in total. The van der Waals surface area contributed by atoms with Crippen LogP contribution in [-0.2, 0) is 4.79 Å². The average Bonchev–Trinajstić information content (AvgIpc) is 3.65. The van der Waals surface area contributed by atoms with E-state index >= 15 is 0 Å². The second-order valence-electron chi connectivity index (χ2n) is 11.5. The molecule has 0 radical (unpaired) electrons. The number of aliphatic imine (C=N–C) groups is 3. The van der Waals surface area contributed by atoms with Crippen LogP contribution in [0.4, 0.5) is 0 Å². The minimum absolute atomic E-state index is 0.109. The molecule has 6 nitrogen and oxygen atoms in total. The SMILES string of the molecule is C=CC1=C(C)C2=NC1=CC1=NC(=CC3=C(C)C4=C(O)CC(=C5NC(=C2)[C@@H](C)C5CCC(C)=O)C4=N3)C(CC)=C1C. The van der Waals surface area contributed by atoms with Crippen molar-refractivity contribution in [3.05, 3.63) is 104 Å². The van der Waals surface area contributed by atoms with Crippen molar-refractivity contribution in [2.24, 2.45) is 26.8 Å². The molecule has 2 atom stereocenters. The maximum absolute atomic E-state index is 12.0. The van der Waals surface area contributed by atoms with E-state index in [2.05, 4.69) is 57.8 Å². The molecule has 0 aromatic rings. The summed E-state index contributed by atoms with van der Waals surface area (Å²) in [6.07, 6.45) is 10.7. The van der Waals surface area contributed by atoms with Crippen LogP contribution in [-0.4, -0.2) is 28.0 Å². The first-order chi connectivity index (χ1) is 19.1. The fourth-order valence-corrected chi connectivity index (χ4v) is 6.74. The molecule has 1 unspecified atom stereocenters. The summed E-state index contributed by atoms with van der Waals surface area (Å²) < 4.78 is 0. The van der Waals surface area contributed by atoms with Gasteiger partial charge in [-0.1, -0.05) is 26.5 Å². The predicted octanol–water partition coefficient (Wildman–Crippen LogP) is 7.21. The van der Waals surface area contributed by atoms with Gasteiger partial charge in [0.25, 0.3) is 0 Å². The third-order valence-electron chi connectivity index (χ3n) is 9.11. The first-order valence-electron chi connectivity index (χ1n) is 14.2. The molecule has 6 rings (SSSR count). The van der Waals surface area contributed by atoms with Gasteiger partial charge in [-0.25, -0.2) is 15.0 Å². The normalized spacial score (nSPS) is 25.4. The van der Waals surface area contributed by atoms with E-state index in [0.717, 1.165) is 91.9 Å². The van der Waals surface area contributed by atoms with E-state index in [9.17, 15) is 9.90 Å².